The summed E-state index contributed by atoms with van der Waals surface area (Å²) in [5, 5.41) is 11.6. The number of alkyl halides is 3. The highest BCUT2D eigenvalue weighted by molar-refractivity contribution is 5.94. The monoisotopic (exact) mass is 426 g/mol. The Kier molecular flexibility index (Phi) is 4.49. The van der Waals surface area contributed by atoms with E-state index in [1.807, 2.05) is 12.1 Å². The number of pyridine rings is 2. The van der Waals surface area contributed by atoms with Crippen molar-refractivity contribution in [3.8, 4) is 11.3 Å². The van der Waals surface area contributed by atoms with Crippen LogP contribution in [0.3, 0.4) is 0 Å². The van der Waals surface area contributed by atoms with Crippen LogP contribution in [0.25, 0.3) is 16.8 Å². The summed E-state index contributed by atoms with van der Waals surface area (Å²) >= 11 is 0. The van der Waals surface area contributed by atoms with Gasteiger partial charge in [-0.15, -0.1) is 0 Å². The first-order valence-electron chi connectivity index (χ1n) is 9.74. The summed E-state index contributed by atoms with van der Waals surface area (Å²) in [6, 6.07) is 9.31. The van der Waals surface area contributed by atoms with E-state index < -0.39 is 11.9 Å². The Labute approximate surface area is 174 Å². The van der Waals surface area contributed by atoms with Crippen LogP contribution in [-0.2, 0) is 12.7 Å². The van der Waals surface area contributed by atoms with Crippen LogP contribution >= 0.6 is 0 Å². The van der Waals surface area contributed by atoms with E-state index in [1.165, 1.54) is 6.07 Å². The zero-order valence-electron chi connectivity index (χ0n) is 16.2. The number of nitrogens with zero attached hydrogens (tertiary/aromatic N) is 5. The number of hydrogen-bond acceptors (Lipinski definition) is 4. The molecule has 1 atom stereocenters. The van der Waals surface area contributed by atoms with Gasteiger partial charge < -0.3 is 5.32 Å². The minimum absolute atomic E-state index is 0.248. The molecule has 5 rings (SSSR count). The molecule has 0 aliphatic carbocycles. The molecule has 7 nitrogen and oxygen atoms in total. The van der Waals surface area contributed by atoms with Crippen LogP contribution in [-0.4, -0.2) is 30.3 Å². The summed E-state index contributed by atoms with van der Waals surface area (Å²) in [6.45, 7) is 0.637. The lowest BCUT2D eigenvalue weighted by Gasteiger charge is -2.24. The maximum atomic E-state index is 13.0. The van der Waals surface area contributed by atoms with Crippen molar-refractivity contribution in [3.05, 3.63) is 71.9 Å². The first-order chi connectivity index (χ1) is 14.9. The summed E-state index contributed by atoms with van der Waals surface area (Å²) < 4.78 is 42.4. The number of carbonyl (C=O) groups excluding carboxylic acids is 1. The van der Waals surface area contributed by atoms with E-state index in [0.717, 1.165) is 29.9 Å². The van der Waals surface area contributed by atoms with Gasteiger partial charge in [0.15, 0.2) is 0 Å². The van der Waals surface area contributed by atoms with Gasteiger partial charge in [0.05, 0.1) is 28.5 Å². The molecule has 1 amide bonds. The third kappa shape index (κ3) is 3.65. The van der Waals surface area contributed by atoms with Gasteiger partial charge in [0.25, 0.3) is 5.91 Å². The lowest BCUT2D eigenvalue weighted by molar-refractivity contribution is -0.141. The highest BCUT2D eigenvalue weighted by atomic mass is 19.4. The molecule has 0 bridgehead atoms. The fourth-order valence-corrected chi connectivity index (χ4v) is 3.81. The van der Waals surface area contributed by atoms with Crippen molar-refractivity contribution in [2.24, 2.45) is 0 Å². The normalized spacial score (nSPS) is 16.3. The quantitative estimate of drug-likeness (QED) is 0.540. The third-order valence-corrected chi connectivity index (χ3v) is 5.34. The molecule has 31 heavy (non-hydrogen) atoms. The topological polar surface area (TPSA) is 77.1 Å². The van der Waals surface area contributed by atoms with Gasteiger partial charge in [0.1, 0.15) is 5.69 Å². The SMILES string of the molecule is O=C(NC1CCCn2nc(-c3ccnc(C(F)(F)F)c3)cc21)c1ccc2ccnn2c1. The van der Waals surface area contributed by atoms with Gasteiger partial charge in [-0.3, -0.25) is 14.5 Å². The van der Waals surface area contributed by atoms with Crippen LogP contribution in [0.4, 0.5) is 13.2 Å². The first-order valence-corrected chi connectivity index (χ1v) is 9.74. The molecule has 0 spiro atoms. The van der Waals surface area contributed by atoms with Crippen molar-refractivity contribution >= 4 is 11.4 Å². The molecule has 0 fully saturated rings. The van der Waals surface area contributed by atoms with Crippen molar-refractivity contribution in [2.45, 2.75) is 31.6 Å². The van der Waals surface area contributed by atoms with Crippen molar-refractivity contribution in [1.82, 2.24) is 29.7 Å². The second-order valence-electron chi connectivity index (χ2n) is 7.39. The molecular formula is C21H17F3N6O. The fourth-order valence-electron chi connectivity index (χ4n) is 3.81. The summed E-state index contributed by atoms with van der Waals surface area (Å²) in [4.78, 5) is 16.2. The largest absolute Gasteiger partial charge is 0.433 e. The highest BCUT2D eigenvalue weighted by Gasteiger charge is 2.33. The Morgan fingerprint density at radius 2 is 2.00 bits per heavy atom. The van der Waals surface area contributed by atoms with E-state index in [1.54, 1.807) is 33.7 Å². The standard InChI is InChI=1S/C21H17F3N6O/c22-21(23,24)19-10-13(5-7-25-19)17-11-18-16(2-1-9-29(18)28-17)27-20(31)14-3-4-15-6-8-26-30(15)12-14/h3-8,10-12,16H,1-2,9H2,(H,27,31). The smallest absolute Gasteiger partial charge is 0.344 e. The van der Waals surface area contributed by atoms with E-state index in [4.69, 9.17) is 0 Å². The highest BCUT2D eigenvalue weighted by Crippen LogP contribution is 2.32. The lowest BCUT2D eigenvalue weighted by Crippen LogP contribution is -2.32. The zero-order chi connectivity index (χ0) is 21.6. The van der Waals surface area contributed by atoms with E-state index in [0.29, 0.717) is 29.8 Å². The predicted molar refractivity (Wildman–Crippen MR) is 105 cm³/mol. The molecule has 1 aliphatic rings. The van der Waals surface area contributed by atoms with Crippen molar-refractivity contribution < 1.29 is 18.0 Å². The second kappa shape index (κ2) is 7.22. The van der Waals surface area contributed by atoms with Crippen LogP contribution < -0.4 is 5.32 Å². The van der Waals surface area contributed by atoms with E-state index in [9.17, 15) is 18.0 Å². The number of rotatable bonds is 3. The van der Waals surface area contributed by atoms with Crippen molar-refractivity contribution in [1.29, 1.82) is 0 Å². The van der Waals surface area contributed by atoms with Gasteiger partial charge in [-0.2, -0.15) is 23.4 Å². The number of hydrogen-bond donors (Lipinski definition) is 1. The molecule has 0 aromatic carbocycles. The molecule has 1 unspecified atom stereocenters. The van der Waals surface area contributed by atoms with Crippen LogP contribution in [0.5, 0.6) is 0 Å². The third-order valence-electron chi connectivity index (χ3n) is 5.34. The molecule has 0 radical (unpaired) electrons. The van der Waals surface area contributed by atoms with Crippen LogP contribution in [0.15, 0.2) is 55.0 Å². The molecule has 1 N–H and O–H groups in total. The van der Waals surface area contributed by atoms with Gasteiger partial charge in [-0.1, -0.05) is 0 Å². The number of aromatic nitrogens is 5. The fraction of sp³-hybridized carbons (Fsp3) is 0.238. The molecule has 158 valence electrons. The molecule has 1 aliphatic heterocycles. The van der Waals surface area contributed by atoms with Gasteiger partial charge in [0.2, 0.25) is 0 Å². The number of halogens is 3. The van der Waals surface area contributed by atoms with E-state index >= 15 is 0 Å². The van der Waals surface area contributed by atoms with E-state index in [-0.39, 0.29) is 11.9 Å². The Morgan fingerprint density at radius 1 is 1.13 bits per heavy atom. The Balaban J connectivity index is 1.41. The summed E-state index contributed by atoms with van der Waals surface area (Å²) in [6.07, 6.45) is 1.42. The second-order valence-corrected chi connectivity index (χ2v) is 7.39. The number of carbonyl (C=O) groups is 1. The maximum absolute atomic E-state index is 13.0. The van der Waals surface area contributed by atoms with E-state index in [2.05, 4.69) is 20.5 Å². The van der Waals surface area contributed by atoms with Crippen molar-refractivity contribution in [3.63, 3.8) is 0 Å². The molecule has 5 heterocycles. The number of amides is 1. The minimum Gasteiger partial charge on any atom is -0.344 e. The predicted octanol–water partition coefficient (Wildman–Crippen LogP) is 3.88. The molecule has 0 saturated carbocycles. The Bertz CT molecular complexity index is 1280. The van der Waals surface area contributed by atoms with Crippen LogP contribution in [0.2, 0.25) is 0 Å². The molecule has 4 aromatic rings. The van der Waals surface area contributed by atoms with Gasteiger partial charge >= 0.3 is 6.18 Å². The number of fused-ring (bicyclic) bond motifs is 2. The van der Waals surface area contributed by atoms with Crippen molar-refractivity contribution in [2.75, 3.05) is 0 Å². The zero-order valence-corrected chi connectivity index (χ0v) is 16.2. The van der Waals surface area contributed by atoms with Gasteiger partial charge in [-0.05, 0) is 49.2 Å². The average Bonchev–Trinajstić information content (AvgIpc) is 3.40. The lowest BCUT2D eigenvalue weighted by atomic mass is 10.0. The summed E-state index contributed by atoms with van der Waals surface area (Å²) in [7, 11) is 0. The molecule has 4 aromatic heterocycles. The number of aryl methyl sites for hydroxylation is 1. The van der Waals surface area contributed by atoms with Gasteiger partial charge in [0, 0.05) is 30.7 Å². The first kappa shape index (κ1) is 19.3. The maximum Gasteiger partial charge on any atom is 0.433 e. The molecular weight excluding hydrogens is 409 g/mol. The molecule has 10 heteroatoms. The summed E-state index contributed by atoms with van der Waals surface area (Å²) in [5.74, 6) is -0.248. The minimum atomic E-state index is -4.53. The van der Waals surface area contributed by atoms with Crippen LogP contribution in [0.1, 0.15) is 40.6 Å². The number of nitrogens with one attached hydrogen (secondary N) is 1. The molecule has 0 saturated heterocycles. The van der Waals surface area contributed by atoms with Crippen LogP contribution in [0, 0.1) is 0 Å². The average molecular weight is 426 g/mol. The Morgan fingerprint density at radius 3 is 2.84 bits per heavy atom. The Hall–Kier alpha value is -3.69. The summed E-state index contributed by atoms with van der Waals surface area (Å²) in [5.41, 5.74) is 1.90. The van der Waals surface area contributed by atoms with Gasteiger partial charge in [-0.25, -0.2) is 4.52 Å².